The average molecular weight is 348 g/mol. The molecule has 0 aromatic heterocycles. The van der Waals surface area contributed by atoms with Gasteiger partial charge < -0.3 is 0 Å². The van der Waals surface area contributed by atoms with Crippen LogP contribution in [0.2, 0.25) is 0 Å². The topological polar surface area (TPSA) is 32.7 Å². The Balaban J connectivity index is 1.93. The van der Waals surface area contributed by atoms with Gasteiger partial charge in [-0.15, -0.1) is 11.6 Å². The summed E-state index contributed by atoms with van der Waals surface area (Å²) in [7, 11) is 0. The van der Waals surface area contributed by atoms with Crippen LogP contribution in [0.1, 0.15) is 5.56 Å². The lowest BCUT2D eigenvalue weighted by atomic mass is 10.2. The van der Waals surface area contributed by atoms with Gasteiger partial charge in [-0.3, -0.25) is 14.7 Å². The van der Waals surface area contributed by atoms with E-state index >= 15 is 0 Å². The molecule has 1 aliphatic heterocycles. The molecule has 3 nitrogen and oxygen atoms in total. The Morgan fingerprint density at radius 3 is 2.83 bits per heavy atom. The molecule has 2 rings (SSSR count). The van der Waals surface area contributed by atoms with E-state index in [1.807, 2.05) is 12.1 Å². The molecule has 1 aromatic rings. The Morgan fingerprint density at radius 2 is 2.17 bits per heavy atom. The maximum absolute atomic E-state index is 11.6. The highest BCUT2D eigenvalue weighted by Crippen LogP contribution is 2.21. The van der Waals surface area contributed by atoms with Crippen molar-refractivity contribution in [1.82, 2.24) is 4.90 Å². The van der Waals surface area contributed by atoms with E-state index in [0.717, 1.165) is 15.4 Å². The molecule has 1 heterocycles. The molecule has 18 heavy (non-hydrogen) atoms. The molecule has 0 N–H and O–H groups in total. The SMILES string of the molecule is O=C(CCl)N1CCN=C1SCc1ccc(Br)cc1. The number of hydrogen-bond acceptors (Lipinski definition) is 3. The fourth-order valence-corrected chi connectivity index (χ4v) is 3.01. The molecular formula is C12H12BrClN2OS. The van der Waals surface area contributed by atoms with Crippen LogP contribution in [0, 0.1) is 0 Å². The van der Waals surface area contributed by atoms with Crippen molar-refractivity contribution in [2.24, 2.45) is 4.99 Å². The highest BCUT2D eigenvalue weighted by atomic mass is 79.9. The van der Waals surface area contributed by atoms with Gasteiger partial charge in [0.15, 0.2) is 5.17 Å². The van der Waals surface area contributed by atoms with Crippen LogP contribution in [0.15, 0.2) is 33.7 Å². The first kappa shape index (κ1) is 13.9. The standard InChI is InChI=1S/C12H12BrClN2OS/c13-10-3-1-9(2-4-10)8-18-12-15-5-6-16(12)11(17)7-14/h1-4H,5-8H2. The first-order valence-electron chi connectivity index (χ1n) is 5.48. The van der Waals surface area contributed by atoms with E-state index in [2.05, 4.69) is 33.1 Å². The van der Waals surface area contributed by atoms with E-state index in [0.29, 0.717) is 13.1 Å². The summed E-state index contributed by atoms with van der Waals surface area (Å²) in [4.78, 5) is 17.6. The molecule has 0 fully saturated rings. The summed E-state index contributed by atoms with van der Waals surface area (Å²) in [5.41, 5.74) is 1.20. The smallest absolute Gasteiger partial charge is 0.243 e. The van der Waals surface area contributed by atoms with Crippen LogP contribution in [-0.2, 0) is 10.5 Å². The van der Waals surface area contributed by atoms with E-state index < -0.39 is 0 Å². The second kappa shape index (κ2) is 6.59. The lowest BCUT2D eigenvalue weighted by molar-refractivity contribution is -0.124. The number of halogens is 2. The number of carbonyl (C=O) groups excluding carboxylic acids is 1. The predicted octanol–water partition coefficient (Wildman–Crippen LogP) is 3.12. The van der Waals surface area contributed by atoms with E-state index in [-0.39, 0.29) is 11.8 Å². The monoisotopic (exact) mass is 346 g/mol. The third kappa shape index (κ3) is 3.49. The number of nitrogens with zero attached hydrogens (tertiary/aromatic N) is 2. The Kier molecular flexibility index (Phi) is 5.09. The van der Waals surface area contributed by atoms with Gasteiger partial charge in [0.05, 0.1) is 6.54 Å². The number of hydrogen-bond donors (Lipinski definition) is 0. The van der Waals surface area contributed by atoms with E-state index in [9.17, 15) is 4.79 Å². The summed E-state index contributed by atoms with van der Waals surface area (Å²) in [6.45, 7) is 1.32. The molecule has 0 saturated heterocycles. The van der Waals surface area contributed by atoms with Gasteiger partial charge in [0, 0.05) is 16.8 Å². The predicted molar refractivity (Wildman–Crippen MR) is 80.2 cm³/mol. The number of benzene rings is 1. The molecule has 1 amide bonds. The summed E-state index contributed by atoms with van der Waals surface area (Å²) in [5, 5.41) is 0.781. The lowest BCUT2D eigenvalue weighted by Gasteiger charge is -2.16. The van der Waals surface area contributed by atoms with Crippen LogP contribution >= 0.6 is 39.3 Å². The minimum Gasteiger partial charge on any atom is -0.289 e. The second-order valence-corrected chi connectivity index (χ2v) is 5.88. The van der Waals surface area contributed by atoms with Gasteiger partial charge in [0.25, 0.3) is 0 Å². The zero-order valence-corrected chi connectivity index (χ0v) is 12.8. The Hall–Kier alpha value is -0.520. The lowest BCUT2D eigenvalue weighted by Crippen LogP contribution is -2.33. The summed E-state index contributed by atoms with van der Waals surface area (Å²) >= 11 is 10.5. The van der Waals surface area contributed by atoms with Gasteiger partial charge in [0.1, 0.15) is 5.88 Å². The van der Waals surface area contributed by atoms with Crippen LogP contribution in [0.4, 0.5) is 0 Å². The molecule has 96 valence electrons. The zero-order chi connectivity index (χ0) is 13.0. The Labute approximate surface area is 124 Å². The third-order valence-electron chi connectivity index (χ3n) is 2.50. The van der Waals surface area contributed by atoms with Crippen LogP contribution in [0.25, 0.3) is 0 Å². The van der Waals surface area contributed by atoms with Crippen LogP contribution in [-0.4, -0.2) is 34.9 Å². The Bertz CT molecular complexity index is 464. The quantitative estimate of drug-likeness (QED) is 0.787. The normalized spacial score (nSPS) is 14.8. The molecular weight excluding hydrogens is 336 g/mol. The molecule has 0 aliphatic carbocycles. The second-order valence-electron chi connectivity index (χ2n) is 3.76. The maximum atomic E-state index is 11.6. The third-order valence-corrected chi connectivity index (χ3v) is 4.34. The first-order valence-corrected chi connectivity index (χ1v) is 7.80. The molecule has 0 spiro atoms. The highest BCUT2D eigenvalue weighted by Gasteiger charge is 2.22. The molecule has 6 heteroatoms. The van der Waals surface area contributed by atoms with Crippen molar-refractivity contribution in [2.45, 2.75) is 5.75 Å². The van der Waals surface area contributed by atoms with Crippen molar-refractivity contribution in [3.8, 4) is 0 Å². The highest BCUT2D eigenvalue weighted by molar-refractivity contribution is 9.10. The molecule has 0 bridgehead atoms. The number of amidine groups is 1. The number of rotatable bonds is 3. The van der Waals surface area contributed by atoms with Gasteiger partial charge in [-0.2, -0.15) is 0 Å². The number of amides is 1. The van der Waals surface area contributed by atoms with Crippen molar-refractivity contribution < 1.29 is 4.79 Å². The van der Waals surface area contributed by atoms with Gasteiger partial charge >= 0.3 is 0 Å². The van der Waals surface area contributed by atoms with Crippen molar-refractivity contribution in [1.29, 1.82) is 0 Å². The van der Waals surface area contributed by atoms with Crippen molar-refractivity contribution in [3.05, 3.63) is 34.3 Å². The fourth-order valence-electron chi connectivity index (χ4n) is 1.58. The van der Waals surface area contributed by atoms with Gasteiger partial charge in [-0.05, 0) is 17.7 Å². The number of alkyl halides is 1. The zero-order valence-electron chi connectivity index (χ0n) is 9.60. The number of thioether (sulfide) groups is 1. The summed E-state index contributed by atoms with van der Waals surface area (Å²) < 4.78 is 1.06. The van der Waals surface area contributed by atoms with Crippen LogP contribution in [0.5, 0.6) is 0 Å². The minimum atomic E-state index is -0.0729. The van der Waals surface area contributed by atoms with E-state index in [4.69, 9.17) is 11.6 Å². The van der Waals surface area contributed by atoms with Crippen molar-refractivity contribution >= 4 is 50.4 Å². The molecule has 1 aliphatic rings. The Morgan fingerprint density at radius 1 is 1.44 bits per heavy atom. The average Bonchev–Trinajstić information content (AvgIpc) is 2.85. The molecule has 0 unspecified atom stereocenters. The van der Waals surface area contributed by atoms with E-state index in [1.165, 1.54) is 5.56 Å². The summed E-state index contributed by atoms with van der Waals surface area (Å²) in [6.07, 6.45) is 0. The van der Waals surface area contributed by atoms with E-state index in [1.54, 1.807) is 16.7 Å². The first-order chi connectivity index (χ1) is 8.70. The number of carbonyl (C=O) groups is 1. The largest absolute Gasteiger partial charge is 0.289 e. The van der Waals surface area contributed by atoms with Crippen molar-refractivity contribution in [3.63, 3.8) is 0 Å². The van der Waals surface area contributed by atoms with Crippen LogP contribution in [0.3, 0.4) is 0 Å². The maximum Gasteiger partial charge on any atom is 0.243 e. The van der Waals surface area contributed by atoms with Gasteiger partial charge in [0.2, 0.25) is 5.91 Å². The number of aliphatic imine (C=N–C) groups is 1. The molecule has 0 atom stereocenters. The minimum absolute atomic E-state index is 0.0118. The molecule has 0 radical (unpaired) electrons. The fraction of sp³-hybridized carbons (Fsp3) is 0.333. The van der Waals surface area contributed by atoms with Crippen LogP contribution < -0.4 is 0 Å². The summed E-state index contributed by atoms with van der Waals surface area (Å²) in [5.74, 6) is 0.743. The molecule has 0 saturated carbocycles. The van der Waals surface area contributed by atoms with Gasteiger partial charge in [-0.25, -0.2) is 0 Å². The van der Waals surface area contributed by atoms with Crippen molar-refractivity contribution in [2.75, 3.05) is 19.0 Å². The van der Waals surface area contributed by atoms with Gasteiger partial charge in [-0.1, -0.05) is 39.8 Å². The summed E-state index contributed by atoms with van der Waals surface area (Å²) in [6, 6.07) is 8.13. The molecule has 1 aromatic carbocycles.